The van der Waals surface area contributed by atoms with Gasteiger partial charge in [-0.15, -0.1) is 0 Å². The van der Waals surface area contributed by atoms with Crippen LogP contribution in [0.3, 0.4) is 0 Å². The average molecular weight is 412 g/mol. The van der Waals surface area contributed by atoms with E-state index in [1.165, 1.54) is 6.07 Å². The van der Waals surface area contributed by atoms with Gasteiger partial charge in [-0.05, 0) is 24.9 Å². The SMILES string of the molecule is Cc1ccc[n+](C2C(=O)NC(=S)C(=C=N)C2c2ccc([N+](=O)[O-])cc2[N+](=O)[O-])c1. The maximum Gasteiger partial charge on any atom is 0.295 e. The predicted molar refractivity (Wildman–Crippen MR) is 105 cm³/mol. The minimum absolute atomic E-state index is 0.0338. The molecule has 1 amide bonds. The van der Waals surface area contributed by atoms with Gasteiger partial charge in [0.15, 0.2) is 12.4 Å². The van der Waals surface area contributed by atoms with Crippen molar-refractivity contribution in [2.75, 3.05) is 0 Å². The summed E-state index contributed by atoms with van der Waals surface area (Å²) < 4.78 is 1.57. The van der Waals surface area contributed by atoms with Crippen molar-refractivity contribution >= 4 is 40.4 Å². The highest BCUT2D eigenvalue weighted by Crippen LogP contribution is 2.40. The number of non-ortho nitro benzene ring substituents is 1. The molecule has 1 aromatic carbocycles. The third kappa shape index (κ3) is 3.64. The highest BCUT2D eigenvalue weighted by atomic mass is 32.1. The smallest absolute Gasteiger partial charge is 0.295 e. The molecular weight excluding hydrogens is 398 g/mol. The number of pyridine rings is 1. The molecule has 2 N–H and O–H groups in total. The Morgan fingerprint density at radius 3 is 2.55 bits per heavy atom. The molecule has 0 spiro atoms. The number of hydrogen-bond acceptors (Lipinski definition) is 7. The van der Waals surface area contributed by atoms with Crippen LogP contribution in [-0.4, -0.2) is 26.6 Å². The van der Waals surface area contributed by atoms with E-state index in [4.69, 9.17) is 17.6 Å². The number of nitro benzene ring substituents is 2. The number of nitrogens with zero attached hydrogens (tertiary/aromatic N) is 3. The molecule has 10 nitrogen and oxygen atoms in total. The maximum absolute atomic E-state index is 12.8. The Labute approximate surface area is 169 Å². The van der Waals surface area contributed by atoms with Gasteiger partial charge in [0.2, 0.25) is 6.04 Å². The number of nitro groups is 2. The highest BCUT2D eigenvalue weighted by Gasteiger charge is 2.48. The lowest BCUT2D eigenvalue weighted by molar-refractivity contribution is -0.711. The monoisotopic (exact) mass is 412 g/mol. The third-order valence-corrected chi connectivity index (χ3v) is 4.88. The number of rotatable bonds is 4. The number of carbonyl (C=O) groups excluding carboxylic acids is 1. The Kier molecular flexibility index (Phi) is 5.26. The van der Waals surface area contributed by atoms with Gasteiger partial charge in [-0.25, -0.2) is 0 Å². The van der Waals surface area contributed by atoms with Gasteiger partial charge >= 0.3 is 0 Å². The fourth-order valence-electron chi connectivity index (χ4n) is 3.33. The van der Waals surface area contributed by atoms with Crippen LogP contribution in [0.2, 0.25) is 0 Å². The number of nitrogens with one attached hydrogen (secondary N) is 2. The second-order valence-corrected chi connectivity index (χ2v) is 6.77. The molecule has 1 aromatic heterocycles. The summed E-state index contributed by atoms with van der Waals surface area (Å²) in [4.78, 5) is 34.0. The standard InChI is InChI=1S/C18H13N5O5S/c1-10-3-2-6-21(9-10)16-15(13(8-19)18(29)20-17(16)24)12-5-4-11(22(25)26)7-14(12)23(27)28/h2-7,9,15-16,19H,1H3/p+1. The van der Waals surface area contributed by atoms with E-state index < -0.39 is 39.1 Å². The van der Waals surface area contributed by atoms with Gasteiger partial charge in [-0.1, -0.05) is 12.2 Å². The van der Waals surface area contributed by atoms with E-state index in [0.29, 0.717) is 0 Å². The van der Waals surface area contributed by atoms with Gasteiger partial charge in [-0.2, -0.15) is 4.57 Å². The van der Waals surface area contributed by atoms with Crippen molar-refractivity contribution in [1.29, 1.82) is 5.41 Å². The Hall–Kier alpha value is -3.82. The topological polar surface area (TPSA) is 143 Å². The van der Waals surface area contributed by atoms with Gasteiger partial charge in [0.05, 0.1) is 27.4 Å². The number of carbonyl (C=O) groups is 1. The summed E-state index contributed by atoms with van der Waals surface area (Å²) in [6.45, 7) is 1.82. The molecule has 0 saturated carbocycles. The molecule has 146 valence electrons. The molecule has 2 aromatic rings. The van der Waals surface area contributed by atoms with Crippen LogP contribution in [0.4, 0.5) is 11.4 Å². The van der Waals surface area contributed by atoms with E-state index in [2.05, 4.69) is 11.2 Å². The second kappa shape index (κ2) is 7.66. The van der Waals surface area contributed by atoms with Gasteiger partial charge in [0.25, 0.3) is 17.3 Å². The van der Waals surface area contributed by atoms with Gasteiger partial charge in [0, 0.05) is 23.3 Å². The van der Waals surface area contributed by atoms with Crippen LogP contribution >= 0.6 is 12.2 Å². The summed E-state index contributed by atoms with van der Waals surface area (Å²) in [5.41, 5.74) is -0.0379. The first kappa shape index (κ1) is 19.9. The molecule has 1 aliphatic rings. The van der Waals surface area contributed by atoms with Gasteiger partial charge < -0.3 is 5.32 Å². The molecule has 2 unspecified atom stereocenters. The van der Waals surface area contributed by atoms with Crippen LogP contribution in [0.5, 0.6) is 0 Å². The molecule has 1 fully saturated rings. The van der Waals surface area contributed by atoms with Crippen molar-refractivity contribution in [2.45, 2.75) is 18.9 Å². The fourth-order valence-corrected chi connectivity index (χ4v) is 3.61. The molecule has 11 heteroatoms. The lowest BCUT2D eigenvalue weighted by Crippen LogP contribution is -2.56. The summed E-state index contributed by atoms with van der Waals surface area (Å²) in [6.07, 6.45) is 3.31. The number of aryl methyl sites for hydroxylation is 1. The third-order valence-electron chi connectivity index (χ3n) is 4.56. The lowest BCUT2D eigenvalue weighted by Gasteiger charge is -2.28. The molecule has 3 rings (SSSR count). The van der Waals surface area contributed by atoms with Gasteiger partial charge in [0.1, 0.15) is 4.99 Å². The summed E-state index contributed by atoms with van der Waals surface area (Å²) >= 11 is 5.15. The van der Waals surface area contributed by atoms with E-state index in [1.54, 1.807) is 23.0 Å². The summed E-state index contributed by atoms with van der Waals surface area (Å²) in [7, 11) is 0. The number of hydrogen-bond donors (Lipinski definition) is 2. The number of amides is 1. The van der Waals surface area contributed by atoms with Crippen LogP contribution < -0.4 is 9.88 Å². The van der Waals surface area contributed by atoms with E-state index in [0.717, 1.165) is 17.7 Å². The predicted octanol–water partition coefficient (Wildman–Crippen LogP) is 2.06. The normalized spacial score (nSPS) is 18.7. The number of aromatic nitrogens is 1. The number of benzene rings is 1. The van der Waals surface area contributed by atoms with Crippen LogP contribution in [0.15, 0.2) is 48.3 Å². The number of piperidine rings is 1. The second-order valence-electron chi connectivity index (χ2n) is 6.37. The van der Waals surface area contributed by atoms with E-state index >= 15 is 0 Å². The molecule has 29 heavy (non-hydrogen) atoms. The van der Waals surface area contributed by atoms with Crippen LogP contribution in [0.1, 0.15) is 23.1 Å². The zero-order valence-corrected chi connectivity index (χ0v) is 15.8. The molecule has 2 heterocycles. The Bertz CT molecular complexity index is 1130. The van der Waals surface area contributed by atoms with Crippen LogP contribution in [0, 0.1) is 32.6 Å². The highest BCUT2D eigenvalue weighted by molar-refractivity contribution is 7.80. The maximum atomic E-state index is 12.8. The molecule has 2 atom stereocenters. The van der Waals surface area contributed by atoms with Crippen LogP contribution in [-0.2, 0) is 4.79 Å². The largest absolute Gasteiger partial charge is 0.310 e. The summed E-state index contributed by atoms with van der Waals surface area (Å²) in [5, 5.41) is 32.9. The summed E-state index contributed by atoms with van der Waals surface area (Å²) in [5.74, 6) is 0.644. The van der Waals surface area contributed by atoms with E-state index in [-0.39, 0.29) is 16.1 Å². The summed E-state index contributed by atoms with van der Waals surface area (Å²) in [6, 6.07) is 5.71. The van der Waals surface area contributed by atoms with Crippen LogP contribution in [0.25, 0.3) is 0 Å². The fraction of sp³-hybridized carbons (Fsp3) is 0.167. The van der Waals surface area contributed by atoms with E-state index in [9.17, 15) is 25.0 Å². The zero-order chi connectivity index (χ0) is 21.3. The van der Waals surface area contributed by atoms with Crippen molar-refractivity contribution in [3.05, 3.63) is 79.7 Å². The first-order valence-corrected chi connectivity index (χ1v) is 8.70. The molecular formula is C18H14N5O5S+. The minimum Gasteiger partial charge on any atom is -0.310 e. The Morgan fingerprint density at radius 1 is 1.24 bits per heavy atom. The molecule has 0 radical (unpaired) electrons. The quantitative estimate of drug-likeness (QED) is 0.196. The molecule has 0 aliphatic carbocycles. The first-order chi connectivity index (χ1) is 13.7. The number of thiocarbonyl (C=S) groups is 1. The first-order valence-electron chi connectivity index (χ1n) is 8.29. The van der Waals surface area contributed by atoms with E-state index in [1.807, 2.05) is 13.0 Å². The van der Waals surface area contributed by atoms with Crippen molar-refractivity contribution < 1.29 is 19.2 Å². The lowest BCUT2D eigenvalue weighted by atomic mass is 9.81. The Morgan fingerprint density at radius 2 is 1.97 bits per heavy atom. The molecule has 1 saturated heterocycles. The van der Waals surface area contributed by atoms with Crippen molar-refractivity contribution in [2.24, 2.45) is 0 Å². The van der Waals surface area contributed by atoms with Crippen molar-refractivity contribution in [3.8, 4) is 0 Å². The van der Waals surface area contributed by atoms with Crippen molar-refractivity contribution in [1.82, 2.24) is 5.32 Å². The van der Waals surface area contributed by atoms with Gasteiger partial charge in [-0.3, -0.25) is 30.4 Å². The Balaban J connectivity index is 2.30. The van der Waals surface area contributed by atoms with Crippen molar-refractivity contribution in [3.63, 3.8) is 0 Å². The molecule has 0 bridgehead atoms. The average Bonchev–Trinajstić information content (AvgIpc) is 2.66. The zero-order valence-electron chi connectivity index (χ0n) is 15.0. The minimum atomic E-state index is -1.03. The molecule has 1 aliphatic heterocycles.